The molecule has 0 fully saturated rings. The largest absolute Gasteiger partial charge is 0.345 e. The van der Waals surface area contributed by atoms with Crippen molar-refractivity contribution in [3.63, 3.8) is 0 Å². The monoisotopic (exact) mass is 398 g/mol. The van der Waals surface area contributed by atoms with E-state index in [9.17, 15) is 0 Å². The fraction of sp³-hybridized carbons (Fsp3) is 0.0345. The summed E-state index contributed by atoms with van der Waals surface area (Å²) in [6.07, 6.45) is 0. The van der Waals surface area contributed by atoms with Crippen LogP contribution in [0.5, 0.6) is 0 Å². The van der Waals surface area contributed by atoms with Crippen molar-refractivity contribution in [3.05, 3.63) is 115 Å². The summed E-state index contributed by atoms with van der Waals surface area (Å²) in [7, 11) is 2.13. The van der Waals surface area contributed by atoms with Gasteiger partial charge in [0.25, 0.3) is 0 Å². The van der Waals surface area contributed by atoms with E-state index < -0.39 is 0 Å². The molecule has 0 amide bonds. The lowest BCUT2D eigenvalue weighted by Crippen LogP contribution is -2.08. The molecular weight excluding hydrogens is 376 g/mol. The van der Waals surface area contributed by atoms with E-state index in [0.717, 1.165) is 0 Å². The highest BCUT2D eigenvalue weighted by Crippen LogP contribution is 2.37. The molecule has 0 aliphatic carbocycles. The second-order valence-corrected chi connectivity index (χ2v) is 7.95. The number of hydrogen-bond donors (Lipinski definition) is 0. The second kappa shape index (κ2) is 7.03. The van der Waals surface area contributed by atoms with E-state index in [-0.39, 0.29) is 0 Å². The van der Waals surface area contributed by atoms with Gasteiger partial charge in [-0.05, 0) is 47.9 Å². The van der Waals surface area contributed by atoms with Gasteiger partial charge in [0.15, 0.2) is 0 Å². The summed E-state index contributed by atoms with van der Waals surface area (Å²) >= 11 is 0. The zero-order valence-electron chi connectivity index (χ0n) is 17.4. The van der Waals surface area contributed by atoms with Gasteiger partial charge >= 0.3 is 0 Å². The van der Waals surface area contributed by atoms with Gasteiger partial charge in [-0.25, -0.2) is 0 Å². The van der Waals surface area contributed by atoms with Crippen LogP contribution in [0.25, 0.3) is 38.3 Å². The summed E-state index contributed by atoms with van der Waals surface area (Å²) in [6, 6.07) is 41.1. The van der Waals surface area contributed by atoms with Gasteiger partial charge in [0, 0.05) is 34.6 Å². The summed E-state index contributed by atoms with van der Waals surface area (Å²) in [6.45, 7) is 0. The predicted molar refractivity (Wildman–Crippen MR) is 133 cm³/mol. The highest BCUT2D eigenvalue weighted by molar-refractivity contribution is 6.11. The number of para-hydroxylation sites is 2. The molecule has 0 N–H and O–H groups in total. The summed E-state index contributed by atoms with van der Waals surface area (Å²) in [5.74, 6) is 0. The predicted octanol–water partition coefficient (Wildman–Crippen LogP) is 7.70. The minimum atomic E-state index is 1.18. The summed E-state index contributed by atoms with van der Waals surface area (Å²) in [5.41, 5.74) is 6.03. The third-order valence-electron chi connectivity index (χ3n) is 6.19. The highest BCUT2D eigenvalue weighted by Gasteiger charge is 2.15. The van der Waals surface area contributed by atoms with Crippen LogP contribution in [-0.4, -0.2) is 11.6 Å². The fourth-order valence-corrected chi connectivity index (χ4v) is 4.63. The molecule has 6 aromatic rings. The SMILES string of the molecule is CN(c1ccccc1)c1ccc2c(c1)c1ccccc1n2-c1cccc2ccccc12. The van der Waals surface area contributed by atoms with Gasteiger partial charge in [0.2, 0.25) is 0 Å². The van der Waals surface area contributed by atoms with Gasteiger partial charge in [-0.15, -0.1) is 0 Å². The summed E-state index contributed by atoms with van der Waals surface area (Å²) in [4.78, 5) is 2.24. The van der Waals surface area contributed by atoms with E-state index in [2.05, 4.69) is 132 Å². The Morgan fingerprint density at radius 2 is 1.19 bits per heavy atom. The van der Waals surface area contributed by atoms with Gasteiger partial charge in [-0.3, -0.25) is 0 Å². The number of aromatic nitrogens is 1. The van der Waals surface area contributed by atoms with Gasteiger partial charge < -0.3 is 9.47 Å². The van der Waals surface area contributed by atoms with Gasteiger partial charge in [0.05, 0.1) is 16.7 Å². The van der Waals surface area contributed by atoms with Crippen LogP contribution >= 0.6 is 0 Å². The molecule has 0 spiro atoms. The molecule has 1 aromatic heterocycles. The van der Waals surface area contributed by atoms with E-state index in [1.54, 1.807) is 0 Å². The number of nitrogens with zero attached hydrogens (tertiary/aromatic N) is 2. The third-order valence-corrected chi connectivity index (χ3v) is 6.19. The van der Waals surface area contributed by atoms with Crippen molar-refractivity contribution in [1.82, 2.24) is 4.57 Å². The van der Waals surface area contributed by atoms with Crippen LogP contribution in [0.1, 0.15) is 0 Å². The minimum absolute atomic E-state index is 1.18. The average Bonchev–Trinajstić information content (AvgIpc) is 3.17. The normalized spacial score (nSPS) is 11.4. The maximum Gasteiger partial charge on any atom is 0.0542 e. The number of rotatable bonds is 3. The first-order chi connectivity index (χ1) is 15.3. The van der Waals surface area contributed by atoms with Gasteiger partial charge in [-0.2, -0.15) is 0 Å². The molecular formula is C29H22N2. The van der Waals surface area contributed by atoms with Gasteiger partial charge in [0.1, 0.15) is 0 Å². The lowest BCUT2D eigenvalue weighted by molar-refractivity contribution is 1.19. The van der Waals surface area contributed by atoms with Crippen LogP contribution in [-0.2, 0) is 0 Å². The molecule has 148 valence electrons. The van der Waals surface area contributed by atoms with Gasteiger partial charge in [-0.1, -0.05) is 72.8 Å². The molecule has 0 aliphatic rings. The topological polar surface area (TPSA) is 8.17 Å². The zero-order chi connectivity index (χ0) is 20.8. The average molecular weight is 399 g/mol. The highest BCUT2D eigenvalue weighted by atomic mass is 15.1. The van der Waals surface area contributed by atoms with E-state index in [1.165, 1.54) is 49.6 Å². The number of benzene rings is 5. The number of fused-ring (bicyclic) bond motifs is 4. The van der Waals surface area contributed by atoms with Crippen LogP contribution in [0.4, 0.5) is 11.4 Å². The first-order valence-corrected chi connectivity index (χ1v) is 10.6. The fourth-order valence-electron chi connectivity index (χ4n) is 4.63. The molecule has 0 atom stereocenters. The smallest absolute Gasteiger partial charge is 0.0542 e. The standard InChI is InChI=1S/C29H22N2/c1-30(22-12-3-2-4-13-22)23-18-19-29-26(20-23)25-15-7-8-16-28(25)31(29)27-17-9-11-21-10-5-6-14-24(21)27/h2-20H,1H3. The molecule has 31 heavy (non-hydrogen) atoms. The van der Waals surface area contributed by atoms with Crippen molar-refractivity contribution >= 4 is 44.0 Å². The Labute approximate surface area is 181 Å². The molecule has 2 nitrogen and oxygen atoms in total. The molecule has 0 unspecified atom stereocenters. The second-order valence-electron chi connectivity index (χ2n) is 7.95. The molecule has 0 saturated carbocycles. The third kappa shape index (κ3) is 2.80. The minimum Gasteiger partial charge on any atom is -0.345 e. The summed E-state index contributed by atoms with van der Waals surface area (Å²) < 4.78 is 2.40. The number of hydrogen-bond acceptors (Lipinski definition) is 1. The Balaban J connectivity index is 1.64. The molecule has 2 heteroatoms. The van der Waals surface area contributed by atoms with Crippen molar-refractivity contribution in [3.8, 4) is 5.69 Å². The number of anilines is 2. The van der Waals surface area contributed by atoms with Crippen LogP contribution in [0.3, 0.4) is 0 Å². The van der Waals surface area contributed by atoms with E-state index >= 15 is 0 Å². The molecule has 1 heterocycles. The summed E-state index contributed by atoms with van der Waals surface area (Å²) in [5, 5.41) is 5.06. The lowest BCUT2D eigenvalue weighted by Gasteiger charge is -2.20. The quantitative estimate of drug-likeness (QED) is 0.296. The van der Waals surface area contributed by atoms with Crippen molar-refractivity contribution in [1.29, 1.82) is 0 Å². The molecule has 0 aliphatic heterocycles. The van der Waals surface area contributed by atoms with E-state index in [4.69, 9.17) is 0 Å². The van der Waals surface area contributed by atoms with E-state index in [0.29, 0.717) is 0 Å². The van der Waals surface area contributed by atoms with Crippen LogP contribution in [0.15, 0.2) is 115 Å². The van der Waals surface area contributed by atoms with Crippen molar-refractivity contribution < 1.29 is 0 Å². The Bertz CT molecular complexity index is 1540. The molecule has 6 rings (SSSR count). The maximum absolute atomic E-state index is 2.40. The molecule has 0 saturated heterocycles. The molecule has 5 aromatic carbocycles. The van der Waals surface area contributed by atoms with Crippen LogP contribution in [0.2, 0.25) is 0 Å². The maximum atomic E-state index is 2.40. The Kier molecular flexibility index (Phi) is 4.03. The molecule has 0 bridgehead atoms. The Morgan fingerprint density at radius 3 is 2.06 bits per heavy atom. The Morgan fingerprint density at radius 1 is 0.516 bits per heavy atom. The zero-order valence-corrected chi connectivity index (χ0v) is 17.4. The van der Waals surface area contributed by atoms with Crippen molar-refractivity contribution in [2.45, 2.75) is 0 Å². The van der Waals surface area contributed by atoms with Crippen molar-refractivity contribution in [2.75, 3.05) is 11.9 Å². The van der Waals surface area contributed by atoms with E-state index in [1.807, 2.05) is 0 Å². The van der Waals surface area contributed by atoms with Crippen LogP contribution < -0.4 is 4.90 Å². The van der Waals surface area contributed by atoms with Crippen LogP contribution in [0, 0.1) is 0 Å². The first kappa shape index (κ1) is 17.8. The molecule has 0 radical (unpaired) electrons. The first-order valence-electron chi connectivity index (χ1n) is 10.6. The lowest BCUT2D eigenvalue weighted by atomic mass is 10.1. The Hall–Kier alpha value is -4.04. The van der Waals surface area contributed by atoms with Crippen molar-refractivity contribution in [2.24, 2.45) is 0 Å².